The number of anilines is 1. The number of aromatic nitrogens is 2. The van der Waals surface area contributed by atoms with Crippen LogP contribution in [0.2, 0.25) is 0 Å². The van der Waals surface area contributed by atoms with Crippen molar-refractivity contribution in [2.45, 2.75) is 64.2 Å². The van der Waals surface area contributed by atoms with Crippen molar-refractivity contribution in [3.8, 4) is 0 Å². The molecule has 2 aliphatic carbocycles. The first-order chi connectivity index (χ1) is 13.2. The topological polar surface area (TPSA) is 41.4 Å². The van der Waals surface area contributed by atoms with Crippen LogP contribution in [0.3, 0.4) is 0 Å². The summed E-state index contributed by atoms with van der Waals surface area (Å²) in [6.45, 7) is 3.70. The fraction of sp³-hybridized carbons (Fsp3) is 0.632. The van der Waals surface area contributed by atoms with Gasteiger partial charge in [0.1, 0.15) is 0 Å². The Morgan fingerprint density at radius 1 is 1.37 bits per heavy atom. The lowest BCUT2D eigenvalue weighted by Crippen LogP contribution is -2.38. The number of fused-ring (bicyclic) bond motifs is 1. The third-order valence-corrected chi connectivity index (χ3v) is 8.09. The van der Waals surface area contributed by atoms with Crippen LogP contribution in [0.4, 0.5) is 5.13 Å². The molecule has 1 amide bonds. The standard InChI is InChI=1S/C19H24N4OS3/c1-2-16(24)23(13-5-6-13)18-20-22(19(25)27-18)11-21-9-7-15-14(8-10-26-15)17(21)12-3-4-12/h8,10,12-13,17H,2-7,9,11H2,1H3/t17-/m0/s1. The van der Waals surface area contributed by atoms with Gasteiger partial charge in [-0.15, -0.1) is 16.4 Å². The van der Waals surface area contributed by atoms with Gasteiger partial charge in [-0.25, -0.2) is 4.68 Å². The van der Waals surface area contributed by atoms with E-state index >= 15 is 0 Å². The van der Waals surface area contributed by atoms with Crippen LogP contribution < -0.4 is 4.90 Å². The van der Waals surface area contributed by atoms with Crippen molar-refractivity contribution >= 4 is 45.9 Å². The summed E-state index contributed by atoms with van der Waals surface area (Å²) in [5.41, 5.74) is 1.52. The molecule has 5 nitrogen and oxygen atoms in total. The van der Waals surface area contributed by atoms with Gasteiger partial charge in [0, 0.05) is 29.9 Å². The highest BCUT2D eigenvalue weighted by Gasteiger charge is 2.40. The molecule has 3 aliphatic rings. The smallest absolute Gasteiger partial charge is 0.228 e. The fourth-order valence-corrected chi connectivity index (χ4v) is 6.23. The highest BCUT2D eigenvalue weighted by Crippen LogP contribution is 2.48. The second-order valence-corrected chi connectivity index (χ2v) is 10.4. The molecule has 2 aromatic rings. The van der Waals surface area contributed by atoms with Crippen molar-refractivity contribution < 1.29 is 4.79 Å². The van der Waals surface area contributed by atoms with Crippen LogP contribution in [0.1, 0.15) is 55.5 Å². The molecule has 0 radical (unpaired) electrons. The number of amides is 1. The van der Waals surface area contributed by atoms with E-state index in [1.807, 2.05) is 27.8 Å². The van der Waals surface area contributed by atoms with E-state index in [2.05, 4.69) is 16.3 Å². The minimum Gasteiger partial charge on any atom is -0.284 e. The Morgan fingerprint density at radius 3 is 2.89 bits per heavy atom. The van der Waals surface area contributed by atoms with Gasteiger partial charge < -0.3 is 0 Å². The maximum Gasteiger partial charge on any atom is 0.228 e. The lowest BCUT2D eigenvalue weighted by atomic mass is 9.96. The van der Waals surface area contributed by atoms with Gasteiger partial charge in [-0.05, 0) is 67.2 Å². The summed E-state index contributed by atoms with van der Waals surface area (Å²) in [6.07, 6.45) is 6.43. The summed E-state index contributed by atoms with van der Waals surface area (Å²) in [5.74, 6) is 0.931. The highest BCUT2D eigenvalue weighted by atomic mass is 32.1. The molecular weight excluding hydrogens is 396 g/mol. The Kier molecular flexibility index (Phi) is 4.70. The number of hydrogen-bond donors (Lipinski definition) is 0. The molecule has 144 valence electrons. The summed E-state index contributed by atoms with van der Waals surface area (Å²) in [7, 11) is 0. The van der Waals surface area contributed by atoms with Crippen molar-refractivity contribution in [2.24, 2.45) is 5.92 Å². The zero-order chi connectivity index (χ0) is 18.5. The molecule has 2 saturated carbocycles. The van der Waals surface area contributed by atoms with Crippen molar-refractivity contribution in [1.29, 1.82) is 0 Å². The Morgan fingerprint density at radius 2 is 2.19 bits per heavy atom. The van der Waals surface area contributed by atoms with Gasteiger partial charge in [0.25, 0.3) is 0 Å². The normalized spacial score (nSPS) is 22.6. The Balaban J connectivity index is 1.40. The van der Waals surface area contributed by atoms with Crippen molar-refractivity contribution in [1.82, 2.24) is 14.7 Å². The van der Waals surface area contributed by atoms with Crippen LogP contribution in [0, 0.1) is 9.87 Å². The van der Waals surface area contributed by atoms with Gasteiger partial charge in [-0.1, -0.05) is 18.3 Å². The van der Waals surface area contributed by atoms with Crippen LogP contribution in [0.15, 0.2) is 11.4 Å². The third-order valence-electron chi connectivity index (χ3n) is 5.79. The van der Waals surface area contributed by atoms with Gasteiger partial charge in [0.2, 0.25) is 11.0 Å². The molecule has 0 aromatic carbocycles. The summed E-state index contributed by atoms with van der Waals surface area (Å²) in [4.78, 5) is 18.4. The number of rotatable bonds is 6. The van der Waals surface area contributed by atoms with Crippen LogP contribution in [-0.2, 0) is 17.9 Å². The van der Waals surface area contributed by atoms with Crippen molar-refractivity contribution in [2.75, 3.05) is 11.4 Å². The van der Waals surface area contributed by atoms with Crippen LogP contribution in [0.5, 0.6) is 0 Å². The Hall–Kier alpha value is -1.09. The maximum atomic E-state index is 12.4. The minimum atomic E-state index is 0.158. The molecule has 2 aromatic heterocycles. The van der Waals surface area contributed by atoms with Gasteiger partial charge in [-0.2, -0.15) is 0 Å². The molecule has 0 bridgehead atoms. The van der Waals surface area contributed by atoms with Gasteiger partial charge in [0.05, 0.1) is 6.67 Å². The number of nitrogens with zero attached hydrogens (tertiary/aromatic N) is 4. The van der Waals surface area contributed by atoms with E-state index in [0.29, 0.717) is 18.5 Å². The zero-order valence-corrected chi connectivity index (χ0v) is 17.9. The Labute approximate surface area is 172 Å². The second kappa shape index (κ2) is 7.06. The predicted octanol–water partition coefficient (Wildman–Crippen LogP) is 4.61. The average molecular weight is 421 g/mol. The zero-order valence-electron chi connectivity index (χ0n) is 15.5. The van der Waals surface area contributed by atoms with E-state index in [-0.39, 0.29) is 5.91 Å². The summed E-state index contributed by atoms with van der Waals surface area (Å²) < 4.78 is 2.71. The van der Waals surface area contributed by atoms with Gasteiger partial charge in [-0.3, -0.25) is 14.6 Å². The predicted molar refractivity (Wildman–Crippen MR) is 112 cm³/mol. The van der Waals surface area contributed by atoms with E-state index in [1.165, 1.54) is 29.7 Å². The van der Waals surface area contributed by atoms with E-state index in [9.17, 15) is 4.79 Å². The summed E-state index contributed by atoms with van der Waals surface area (Å²) in [5, 5.41) is 7.81. The average Bonchev–Trinajstić information content (AvgIpc) is 3.58. The number of thiophene rings is 1. The number of hydrogen-bond acceptors (Lipinski definition) is 6. The fourth-order valence-electron chi connectivity index (χ4n) is 4.14. The molecule has 5 rings (SSSR count). The lowest BCUT2D eigenvalue weighted by molar-refractivity contribution is -0.118. The summed E-state index contributed by atoms with van der Waals surface area (Å²) >= 11 is 9.01. The van der Waals surface area contributed by atoms with Crippen LogP contribution >= 0.6 is 34.9 Å². The molecule has 27 heavy (non-hydrogen) atoms. The molecule has 0 spiro atoms. The first-order valence-electron chi connectivity index (χ1n) is 9.86. The molecule has 1 aliphatic heterocycles. The first-order valence-corrected chi connectivity index (χ1v) is 12.0. The summed E-state index contributed by atoms with van der Waals surface area (Å²) in [6, 6.07) is 3.15. The third kappa shape index (κ3) is 3.41. The Bertz CT molecular complexity index is 908. The second-order valence-electron chi connectivity index (χ2n) is 7.78. The maximum absolute atomic E-state index is 12.4. The molecule has 8 heteroatoms. The number of carbonyl (C=O) groups is 1. The SMILES string of the molecule is CCC(=O)N(c1nn(CN2CCc3sccc3[C@@H]2C2CC2)c(=S)s1)C1CC1. The van der Waals surface area contributed by atoms with Crippen molar-refractivity contribution in [3.63, 3.8) is 0 Å². The van der Waals surface area contributed by atoms with E-state index in [4.69, 9.17) is 17.3 Å². The molecule has 2 fully saturated rings. The molecular formula is C19H24N4OS3. The molecule has 0 N–H and O–H groups in total. The lowest BCUT2D eigenvalue weighted by Gasteiger charge is -2.35. The quantitative estimate of drug-likeness (QED) is 0.640. The van der Waals surface area contributed by atoms with E-state index in [1.54, 1.807) is 4.88 Å². The van der Waals surface area contributed by atoms with Crippen molar-refractivity contribution in [3.05, 3.63) is 25.8 Å². The monoisotopic (exact) mass is 420 g/mol. The number of carbonyl (C=O) groups excluding carboxylic acids is 1. The first kappa shape index (κ1) is 18.0. The molecule has 1 atom stereocenters. The molecule has 0 unspecified atom stereocenters. The van der Waals surface area contributed by atoms with Crippen LogP contribution in [-0.4, -0.2) is 33.2 Å². The molecule has 0 saturated heterocycles. The minimum absolute atomic E-state index is 0.158. The highest BCUT2D eigenvalue weighted by molar-refractivity contribution is 7.73. The van der Waals surface area contributed by atoms with Crippen LogP contribution in [0.25, 0.3) is 0 Å². The molecule has 3 heterocycles. The van der Waals surface area contributed by atoms with Gasteiger partial charge >= 0.3 is 0 Å². The van der Waals surface area contributed by atoms with Gasteiger partial charge in [0.15, 0.2) is 3.95 Å². The van der Waals surface area contributed by atoms with E-state index in [0.717, 1.165) is 47.5 Å². The van der Waals surface area contributed by atoms with E-state index < -0.39 is 0 Å². The largest absolute Gasteiger partial charge is 0.284 e.